The van der Waals surface area contributed by atoms with Gasteiger partial charge in [-0.2, -0.15) is 0 Å². The lowest BCUT2D eigenvalue weighted by Gasteiger charge is -2.28. The fourth-order valence-electron chi connectivity index (χ4n) is 1.96. The molecule has 0 spiro atoms. The topological polar surface area (TPSA) is 42.4 Å². The minimum Gasteiger partial charge on any atom is -0.483 e. The van der Waals surface area contributed by atoms with Crippen LogP contribution in [0.25, 0.3) is 0 Å². The van der Waals surface area contributed by atoms with E-state index in [4.69, 9.17) is 16.3 Å². The van der Waals surface area contributed by atoms with Gasteiger partial charge in [0.05, 0.1) is 6.10 Å². The molecule has 3 nitrogen and oxygen atoms in total. The van der Waals surface area contributed by atoms with Crippen molar-refractivity contribution in [2.24, 2.45) is 0 Å². The summed E-state index contributed by atoms with van der Waals surface area (Å²) in [6, 6.07) is 5.30. The molecule has 1 aliphatic rings. The van der Waals surface area contributed by atoms with Gasteiger partial charge in [0.2, 0.25) is 0 Å². The van der Waals surface area contributed by atoms with Crippen LogP contribution >= 0.6 is 22.9 Å². The molecule has 2 unspecified atom stereocenters. The van der Waals surface area contributed by atoms with E-state index in [0.717, 1.165) is 10.6 Å². The first kappa shape index (κ1) is 11.0. The molecule has 2 atom stereocenters. The van der Waals surface area contributed by atoms with Crippen LogP contribution in [0, 0.1) is 0 Å². The van der Waals surface area contributed by atoms with Crippen LogP contribution in [0.1, 0.15) is 29.2 Å². The quantitative estimate of drug-likeness (QED) is 0.862. The first-order chi connectivity index (χ1) is 8.24. The second-order valence-corrected chi connectivity index (χ2v) is 5.27. The molecule has 0 amide bonds. The number of thiazole rings is 1. The fraction of sp³-hybridized carbons (Fsp3) is 0.250. The molecule has 0 saturated carbocycles. The molecule has 1 N–H and O–H groups in total. The Morgan fingerprint density at radius 2 is 2.35 bits per heavy atom. The Labute approximate surface area is 108 Å². The standard InChI is InChI=1S/C12H10ClNO2S/c13-7-1-2-10-8(5-7)9(15)6-11(16-10)12-14-3-4-17-12/h1-5,9,11,15H,6H2. The number of halogens is 1. The van der Waals surface area contributed by atoms with E-state index < -0.39 is 6.10 Å². The van der Waals surface area contributed by atoms with Crippen molar-refractivity contribution in [3.8, 4) is 5.75 Å². The Morgan fingerprint density at radius 1 is 1.47 bits per heavy atom. The van der Waals surface area contributed by atoms with Crippen LogP contribution in [-0.4, -0.2) is 10.1 Å². The average Bonchev–Trinajstić information content (AvgIpc) is 2.83. The van der Waals surface area contributed by atoms with Crippen molar-refractivity contribution in [2.75, 3.05) is 0 Å². The predicted octanol–water partition coefficient (Wildman–Crippen LogP) is 3.35. The summed E-state index contributed by atoms with van der Waals surface area (Å²) in [7, 11) is 0. The zero-order valence-electron chi connectivity index (χ0n) is 8.84. The highest BCUT2D eigenvalue weighted by Crippen LogP contribution is 2.41. The largest absolute Gasteiger partial charge is 0.483 e. The van der Waals surface area contributed by atoms with E-state index in [1.165, 1.54) is 11.3 Å². The number of aliphatic hydroxyl groups is 1. The van der Waals surface area contributed by atoms with Gasteiger partial charge in [0, 0.05) is 28.6 Å². The molecule has 1 aromatic heterocycles. The molecule has 5 heteroatoms. The van der Waals surface area contributed by atoms with E-state index in [-0.39, 0.29) is 6.10 Å². The van der Waals surface area contributed by atoms with Gasteiger partial charge in [-0.05, 0) is 18.2 Å². The lowest BCUT2D eigenvalue weighted by molar-refractivity contribution is 0.0656. The summed E-state index contributed by atoms with van der Waals surface area (Å²) in [5.74, 6) is 0.688. The molecule has 3 rings (SSSR count). The van der Waals surface area contributed by atoms with E-state index in [9.17, 15) is 5.11 Å². The number of aromatic nitrogens is 1. The zero-order chi connectivity index (χ0) is 11.8. The lowest BCUT2D eigenvalue weighted by Crippen LogP contribution is -2.18. The Morgan fingerprint density at radius 3 is 3.12 bits per heavy atom. The minimum atomic E-state index is -0.550. The second kappa shape index (κ2) is 4.29. The van der Waals surface area contributed by atoms with Gasteiger partial charge in [0.1, 0.15) is 10.8 Å². The summed E-state index contributed by atoms with van der Waals surface area (Å²) in [4.78, 5) is 4.22. The molecule has 0 aliphatic carbocycles. The maximum absolute atomic E-state index is 10.1. The van der Waals surface area contributed by atoms with Crippen molar-refractivity contribution in [2.45, 2.75) is 18.6 Å². The number of ether oxygens (including phenoxy) is 1. The number of hydrogen-bond acceptors (Lipinski definition) is 4. The van der Waals surface area contributed by atoms with Crippen molar-refractivity contribution >= 4 is 22.9 Å². The number of hydrogen-bond donors (Lipinski definition) is 1. The number of fused-ring (bicyclic) bond motifs is 1. The predicted molar refractivity (Wildman–Crippen MR) is 66.5 cm³/mol. The molecule has 88 valence electrons. The molecule has 0 radical (unpaired) electrons. The van der Waals surface area contributed by atoms with Gasteiger partial charge < -0.3 is 9.84 Å². The number of benzene rings is 1. The van der Waals surface area contributed by atoms with E-state index in [1.54, 1.807) is 24.4 Å². The molecule has 17 heavy (non-hydrogen) atoms. The van der Waals surface area contributed by atoms with Crippen LogP contribution in [-0.2, 0) is 0 Å². The Kier molecular flexibility index (Phi) is 2.78. The highest BCUT2D eigenvalue weighted by molar-refractivity contribution is 7.09. The van der Waals surface area contributed by atoms with Gasteiger partial charge in [0.25, 0.3) is 0 Å². The summed E-state index contributed by atoms with van der Waals surface area (Å²) in [5.41, 5.74) is 0.755. The molecule has 1 aromatic carbocycles. The molecular weight excluding hydrogens is 258 g/mol. The van der Waals surface area contributed by atoms with Crippen LogP contribution < -0.4 is 4.74 Å². The smallest absolute Gasteiger partial charge is 0.153 e. The Bertz CT molecular complexity index is 529. The fourth-order valence-corrected chi connectivity index (χ4v) is 2.82. The molecule has 2 aromatic rings. The summed E-state index contributed by atoms with van der Waals surface area (Å²) < 4.78 is 5.83. The molecule has 2 heterocycles. The monoisotopic (exact) mass is 267 g/mol. The summed E-state index contributed by atoms with van der Waals surface area (Å²) in [6.45, 7) is 0. The normalized spacial score (nSPS) is 22.9. The van der Waals surface area contributed by atoms with Crippen molar-refractivity contribution in [1.29, 1.82) is 0 Å². The minimum absolute atomic E-state index is 0.168. The first-order valence-corrected chi connectivity index (χ1v) is 6.53. The molecular formula is C12H10ClNO2S. The SMILES string of the molecule is OC1CC(c2nccs2)Oc2ccc(Cl)cc21. The van der Waals surface area contributed by atoms with Crippen molar-refractivity contribution in [3.05, 3.63) is 45.4 Å². The third-order valence-electron chi connectivity index (χ3n) is 2.76. The highest BCUT2D eigenvalue weighted by atomic mass is 35.5. The Hall–Kier alpha value is -1.10. The number of rotatable bonds is 1. The van der Waals surface area contributed by atoms with Gasteiger partial charge in [-0.15, -0.1) is 11.3 Å². The van der Waals surface area contributed by atoms with Crippen LogP contribution in [0.3, 0.4) is 0 Å². The van der Waals surface area contributed by atoms with Crippen LogP contribution in [0.4, 0.5) is 0 Å². The maximum atomic E-state index is 10.1. The van der Waals surface area contributed by atoms with Crippen LogP contribution in [0.2, 0.25) is 5.02 Å². The summed E-state index contributed by atoms with van der Waals surface area (Å²) in [6.07, 6.45) is 1.54. The second-order valence-electron chi connectivity index (χ2n) is 3.91. The Balaban J connectivity index is 1.96. The summed E-state index contributed by atoms with van der Waals surface area (Å²) >= 11 is 7.44. The first-order valence-electron chi connectivity index (χ1n) is 5.27. The van der Waals surface area contributed by atoms with E-state index in [2.05, 4.69) is 4.98 Å². The zero-order valence-corrected chi connectivity index (χ0v) is 10.4. The van der Waals surface area contributed by atoms with E-state index in [0.29, 0.717) is 17.2 Å². The van der Waals surface area contributed by atoms with Crippen molar-refractivity contribution in [1.82, 2.24) is 4.98 Å². The van der Waals surface area contributed by atoms with Crippen molar-refractivity contribution in [3.63, 3.8) is 0 Å². The molecule has 0 saturated heterocycles. The van der Waals surface area contributed by atoms with Gasteiger partial charge in [-0.3, -0.25) is 0 Å². The molecule has 0 bridgehead atoms. The molecule has 1 aliphatic heterocycles. The molecule has 0 fully saturated rings. The van der Waals surface area contributed by atoms with Gasteiger partial charge in [-0.25, -0.2) is 4.98 Å². The number of aliphatic hydroxyl groups excluding tert-OH is 1. The van der Waals surface area contributed by atoms with E-state index >= 15 is 0 Å². The highest BCUT2D eigenvalue weighted by Gasteiger charge is 2.29. The average molecular weight is 268 g/mol. The van der Waals surface area contributed by atoms with E-state index in [1.807, 2.05) is 5.38 Å². The third kappa shape index (κ3) is 2.04. The maximum Gasteiger partial charge on any atom is 0.153 e. The third-order valence-corrected chi connectivity index (χ3v) is 3.87. The van der Waals surface area contributed by atoms with Gasteiger partial charge in [0.15, 0.2) is 6.10 Å². The summed E-state index contributed by atoms with van der Waals surface area (Å²) in [5, 5.41) is 13.5. The number of nitrogens with zero attached hydrogens (tertiary/aromatic N) is 1. The van der Waals surface area contributed by atoms with Gasteiger partial charge >= 0.3 is 0 Å². The lowest BCUT2D eigenvalue weighted by atomic mass is 9.99. The van der Waals surface area contributed by atoms with Crippen LogP contribution in [0.15, 0.2) is 29.8 Å². The van der Waals surface area contributed by atoms with Crippen LogP contribution in [0.5, 0.6) is 5.75 Å². The van der Waals surface area contributed by atoms with Gasteiger partial charge in [-0.1, -0.05) is 11.6 Å². The van der Waals surface area contributed by atoms with Crippen molar-refractivity contribution < 1.29 is 9.84 Å².